The van der Waals surface area contributed by atoms with E-state index < -0.39 is 6.29 Å². The van der Waals surface area contributed by atoms with Crippen LogP contribution in [0.15, 0.2) is 64.0 Å². The van der Waals surface area contributed by atoms with Crippen molar-refractivity contribution in [2.75, 3.05) is 11.7 Å². The highest BCUT2D eigenvalue weighted by Gasteiger charge is 2.37. The number of anilines is 1. The largest absolute Gasteiger partial charge is 0.464 e. The molecule has 2 atom stereocenters. The van der Waals surface area contributed by atoms with Crippen LogP contribution in [0.2, 0.25) is 0 Å². The van der Waals surface area contributed by atoms with Crippen molar-refractivity contribution >= 4 is 16.7 Å². The molecule has 1 fully saturated rings. The Bertz CT molecular complexity index is 967. The third-order valence-electron chi connectivity index (χ3n) is 4.61. The van der Waals surface area contributed by atoms with Gasteiger partial charge in [-0.3, -0.25) is 4.79 Å². The molecule has 2 aromatic carbocycles. The lowest BCUT2D eigenvalue weighted by Crippen LogP contribution is -2.26. The van der Waals surface area contributed by atoms with Crippen LogP contribution in [0.4, 0.5) is 5.69 Å². The first-order valence-electron chi connectivity index (χ1n) is 8.82. The number of ether oxygens (including phenoxy) is 1. The zero-order valence-electron chi connectivity index (χ0n) is 14.8. The Kier molecular flexibility index (Phi) is 4.49. The molecule has 4 rings (SSSR count). The third kappa shape index (κ3) is 3.00. The van der Waals surface area contributed by atoms with Crippen molar-refractivity contribution in [3.05, 3.63) is 76.1 Å². The molecule has 0 amide bonds. The van der Waals surface area contributed by atoms with Gasteiger partial charge in [-0.2, -0.15) is 0 Å². The van der Waals surface area contributed by atoms with Gasteiger partial charge in [0.2, 0.25) is 0 Å². The Labute approximate surface area is 151 Å². The van der Waals surface area contributed by atoms with Gasteiger partial charge in [-0.25, -0.2) is 9.90 Å². The first-order chi connectivity index (χ1) is 12.7. The highest BCUT2D eigenvalue weighted by atomic mass is 16.8. The van der Waals surface area contributed by atoms with E-state index in [9.17, 15) is 4.79 Å². The number of benzene rings is 2. The van der Waals surface area contributed by atoms with E-state index in [1.807, 2.05) is 62.4 Å². The average molecular weight is 351 g/mol. The molecule has 0 saturated carbocycles. The van der Waals surface area contributed by atoms with Gasteiger partial charge in [-0.15, -0.1) is 0 Å². The molecule has 0 N–H and O–H groups in total. The fraction of sp³-hybridized carbons (Fsp3) is 0.286. The molecule has 5 nitrogen and oxygen atoms in total. The van der Waals surface area contributed by atoms with Gasteiger partial charge >= 0.3 is 0 Å². The molecule has 0 unspecified atom stereocenters. The lowest BCUT2D eigenvalue weighted by molar-refractivity contribution is -0.115. The van der Waals surface area contributed by atoms with Crippen molar-refractivity contribution < 1.29 is 14.0 Å². The lowest BCUT2D eigenvalue weighted by atomic mass is 10.0. The van der Waals surface area contributed by atoms with Gasteiger partial charge < -0.3 is 9.15 Å². The summed E-state index contributed by atoms with van der Waals surface area (Å²) in [5.41, 5.74) is 3.05. The molecule has 3 aromatic rings. The number of aryl methyl sites for hydroxylation is 1. The minimum atomic E-state index is -0.391. The summed E-state index contributed by atoms with van der Waals surface area (Å²) in [6.07, 6.45) is 1.72. The van der Waals surface area contributed by atoms with Crippen LogP contribution in [0.3, 0.4) is 0 Å². The number of para-hydroxylation sites is 1. The number of hydrogen-bond donors (Lipinski definition) is 0. The van der Waals surface area contributed by atoms with Crippen molar-refractivity contribution in [1.29, 1.82) is 0 Å². The minimum Gasteiger partial charge on any atom is -0.464 e. The maximum Gasteiger partial charge on any atom is 0.198 e. The lowest BCUT2D eigenvalue weighted by Gasteiger charge is -2.24. The quantitative estimate of drug-likeness (QED) is 0.699. The Morgan fingerprint density at radius 3 is 2.77 bits per heavy atom. The van der Waals surface area contributed by atoms with Gasteiger partial charge in [0.25, 0.3) is 0 Å². The van der Waals surface area contributed by atoms with E-state index in [0.29, 0.717) is 29.6 Å². The third-order valence-corrected chi connectivity index (χ3v) is 4.61. The van der Waals surface area contributed by atoms with Crippen LogP contribution in [0.5, 0.6) is 0 Å². The normalized spacial score (nSPS) is 20.0. The summed E-state index contributed by atoms with van der Waals surface area (Å²) in [5.74, 6) is 0. The maximum absolute atomic E-state index is 13.1. The average Bonchev–Trinajstić information content (AvgIpc) is 3.07. The van der Waals surface area contributed by atoms with Crippen molar-refractivity contribution in [1.82, 2.24) is 0 Å². The van der Waals surface area contributed by atoms with Crippen LogP contribution < -0.4 is 10.5 Å². The van der Waals surface area contributed by atoms with Gasteiger partial charge in [0.15, 0.2) is 11.7 Å². The summed E-state index contributed by atoms with van der Waals surface area (Å²) >= 11 is 0. The van der Waals surface area contributed by atoms with E-state index >= 15 is 0 Å². The molecule has 0 spiro atoms. The number of fused-ring (bicyclic) bond motifs is 1. The molecular weight excluding hydrogens is 330 g/mol. The summed E-state index contributed by atoms with van der Waals surface area (Å²) in [5, 5.41) is 2.35. The zero-order chi connectivity index (χ0) is 18.1. The van der Waals surface area contributed by atoms with Crippen LogP contribution in [-0.4, -0.2) is 12.9 Å². The molecule has 1 aliphatic rings. The molecule has 1 aromatic heterocycles. The van der Waals surface area contributed by atoms with Crippen LogP contribution in [0.25, 0.3) is 11.0 Å². The summed E-state index contributed by atoms with van der Waals surface area (Å²) in [7, 11) is 0. The van der Waals surface area contributed by atoms with Crippen molar-refractivity contribution in [3.8, 4) is 0 Å². The fourth-order valence-electron chi connectivity index (χ4n) is 3.36. The first kappa shape index (κ1) is 16.8. The predicted octanol–water partition coefficient (Wildman–Crippen LogP) is 4.35. The summed E-state index contributed by atoms with van der Waals surface area (Å²) < 4.78 is 11.4. The first-order valence-corrected chi connectivity index (χ1v) is 8.82. The molecule has 26 heavy (non-hydrogen) atoms. The Hall–Kier alpha value is -2.63. The van der Waals surface area contributed by atoms with Crippen LogP contribution in [0, 0.1) is 6.92 Å². The number of rotatable bonds is 4. The SMILES string of the molecule is CCO[C@@H]1C[C@@H](c2coc3ccc(C)cc3c2=O)N(c2ccccc2)O1. The van der Waals surface area contributed by atoms with Gasteiger partial charge in [-0.05, 0) is 38.1 Å². The minimum absolute atomic E-state index is 0.0263. The Morgan fingerprint density at radius 1 is 1.19 bits per heavy atom. The highest BCUT2D eigenvalue weighted by molar-refractivity contribution is 5.77. The van der Waals surface area contributed by atoms with Crippen LogP contribution >= 0.6 is 0 Å². The number of hydroxylamine groups is 1. The molecule has 1 saturated heterocycles. The van der Waals surface area contributed by atoms with Gasteiger partial charge in [0.1, 0.15) is 11.8 Å². The van der Waals surface area contributed by atoms with E-state index in [-0.39, 0.29) is 11.5 Å². The molecule has 0 aliphatic carbocycles. The standard InChI is InChI=1S/C21H21NO4/c1-3-24-20-12-18(22(26-20)15-7-5-4-6-8-15)17-13-25-19-10-9-14(2)11-16(19)21(17)23/h4-11,13,18,20H,3,12H2,1-2H3/t18-,20-/m0/s1. The van der Waals surface area contributed by atoms with Gasteiger partial charge in [0, 0.05) is 13.0 Å². The number of nitrogens with zero attached hydrogens (tertiary/aromatic N) is 1. The number of hydrogen-bond acceptors (Lipinski definition) is 5. The molecular formula is C21H21NO4. The smallest absolute Gasteiger partial charge is 0.198 e. The van der Waals surface area contributed by atoms with E-state index in [4.69, 9.17) is 14.0 Å². The van der Waals surface area contributed by atoms with E-state index in [0.717, 1.165) is 11.3 Å². The van der Waals surface area contributed by atoms with Crippen LogP contribution in [0.1, 0.15) is 30.5 Å². The Balaban J connectivity index is 1.80. The second-order valence-electron chi connectivity index (χ2n) is 6.42. The van der Waals surface area contributed by atoms with Crippen molar-refractivity contribution in [3.63, 3.8) is 0 Å². The van der Waals surface area contributed by atoms with E-state index in [1.54, 1.807) is 11.3 Å². The fourth-order valence-corrected chi connectivity index (χ4v) is 3.36. The summed E-state index contributed by atoms with van der Waals surface area (Å²) in [6.45, 7) is 4.44. The van der Waals surface area contributed by atoms with Gasteiger partial charge in [0.05, 0.1) is 22.7 Å². The second kappa shape index (κ2) is 6.94. The molecule has 0 bridgehead atoms. The molecule has 1 aliphatic heterocycles. The van der Waals surface area contributed by atoms with Crippen molar-refractivity contribution in [2.24, 2.45) is 0 Å². The second-order valence-corrected chi connectivity index (χ2v) is 6.42. The predicted molar refractivity (Wildman–Crippen MR) is 100.0 cm³/mol. The van der Waals surface area contributed by atoms with E-state index in [1.165, 1.54) is 0 Å². The van der Waals surface area contributed by atoms with E-state index in [2.05, 4.69) is 0 Å². The molecule has 0 radical (unpaired) electrons. The highest BCUT2D eigenvalue weighted by Crippen LogP contribution is 2.37. The summed E-state index contributed by atoms with van der Waals surface area (Å²) in [4.78, 5) is 19.1. The van der Waals surface area contributed by atoms with Crippen molar-refractivity contribution in [2.45, 2.75) is 32.6 Å². The molecule has 5 heteroatoms. The Morgan fingerprint density at radius 2 is 2.00 bits per heavy atom. The molecule has 2 heterocycles. The molecule has 134 valence electrons. The van der Waals surface area contributed by atoms with Gasteiger partial charge in [-0.1, -0.05) is 29.8 Å². The zero-order valence-corrected chi connectivity index (χ0v) is 14.8. The monoisotopic (exact) mass is 351 g/mol. The topological polar surface area (TPSA) is 51.9 Å². The van der Waals surface area contributed by atoms with Crippen LogP contribution in [-0.2, 0) is 9.57 Å². The summed E-state index contributed by atoms with van der Waals surface area (Å²) in [6, 6.07) is 15.1. The maximum atomic E-state index is 13.1.